The van der Waals surface area contributed by atoms with Gasteiger partial charge < -0.3 is 14.8 Å². The van der Waals surface area contributed by atoms with Crippen molar-refractivity contribution in [2.24, 2.45) is 0 Å². The Labute approximate surface area is 161 Å². The number of piperidine rings is 1. The largest absolute Gasteiger partial charge is 0.343 e. The van der Waals surface area contributed by atoms with Crippen molar-refractivity contribution in [3.8, 4) is 0 Å². The van der Waals surface area contributed by atoms with Gasteiger partial charge in [0, 0.05) is 38.1 Å². The molecule has 1 amide bonds. The quantitative estimate of drug-likeness (QED) is 0.880. The van der Waals surface area contributed by atoms with E-state index >= 15 is 0 Å². The SMILES string of the molecule is CN(C(=O)CCn1cnc2ccccc21)C1CC2CCC(C1)N2.Cl.Cl. The van der Waals surface area contributed by atoms with E-state index in [0.717, 1.165) is 23.9 Å². The maximum absolute atomic E-state index is 12.6. The number of hydrogen-bond donors (Lipinski definition) is 1. The van der Waals surface area contributed by atoms with Crippen LogP contribution in [0, 0.1) is 0 Å². The highest BCUT2D eigenvalue weighted by molar-refractivity contribution is 5.85. The van der Waals surface area contributed by atoms with E-state index < -0.39 is 0 Å². The summed E-state index contributed by atoms with van der Waals surface area (Å²) in [4.78, 5) is 19.0. The van der Waals surface area contributed by atoms with Crippen LogP contribution in [-0.2, 0) is 11.3 Å². The molecule has 1 aromatic carbocycles. The number of hydrogen-bond acceptors (Lipinski definition) is 3. The van der Waals surface area contributed by atoms with Crippen molar-refractivity contribution in [3.05, 3.63) is 30.6 Å². The van der Waals surface area contributed by atoms with Crippen LogP contribution in [0.1, 0.15) is 32.1 Å². The van der Waals surface area contributed by atoms with E-state index in [0.29, 0.717) is 31.1 Å². The number of carbonyl (C=O) groups is 1. The average Bonchev–Trinajstić information content (AvgIpc) is 3.14. The molecule has 2 unspecified atom stereocenters. The molecule has 2 atom stereocenters. The summed E-state index contributed by atoms with van der Waals surface area (Å²) in [6.07, 6.45) is 7.12. The van der Waals surface area contributed by atoms with Crippen LogP contribution in [0.4, 0.5) is 0 Å². The van der Waals surface area contributed by atoms with Gasteiger partial charge in [-0.2, -0.15) is 0 Å². The molecule has 2 bridgehead atoms. The minimum absolute atomic E-state index is 0. The Balaban J connectivity index is 0.00000113. The molecule has 0 saturated carbocycles. The number of aromatic nitrogens is 2. The highest BCUT2D eigenvalue weighted by atomic mass is 35.5. The molecule has 2 aliphatic rings. The summed E-state index contributed by atoms with van der Waals surface area (Å²) in [5, 5.41) is 3.64. The molecule has 1 aromatic heterocycles. The zero-order chi connectivity index (χ0) is 15.8. The van der Waals surface area contributed by atoms with Gasteiger partial charge in [0.25, 0.3) is 0 Å². The summed E-state index contributed by atoms with van der Waals surface area (Å²) in [5.41, 5.74) is 2.09. The number of nitrogens with one attached hydrogen (secondary N) is 1. The topological polar surface area (TPSA) is 50.2 Å². The number of halogens is 2. The van der Waals surface area contributed by atoms with Crippen molar-refractivity contribution in [2.75, 3.05) is 7.05 Å². The van der Waals surface area contributed by atoms with Gasteiger partial charge in [-0.15, -0.1) is 24.8 Å². The van der Waals surface area contributed by atoms with Gasteiger partial charge in [-0.3, -0.25) is 4.79 Å². The molecule has 7 heteroatoms. The predicted octanol–water partition coefficient (Wildman–Crippen LogP) is 3.01. The number of fused-ring (bicyclic) bond motifs is 3. The van der Waals surface area contributed by atoms with E-state index in [-0.39, 0.29) is 30.7 Å². The van der Waals surface area contributed by atoms with E-state index in [1.807, 2.05) is 36.5 Å². The lowest BCUT2D eigenvalue weighted by Gasteiger charge is -2.35. The Kier molecular flexibility index (Phi) is 6.72. The third kappa shape index (κ3) is 4.10. The van der Waals surface area contributed by atoms with Crippen LogP contribution >= 0.6 is 24.8 Å². The van der Waals surface area contributed by atoms with E-state index in [1.54, 1.807) is 0 Å². The van der Waals surface area contributed by atoms with Gasteiger partial charge in [0.2, 0.25) is 5.91 Å². The number of para-hydroxylation sites is 2. The van der Waals surface area contributed by atoms with Crippen molar-refractivity contribution in [1.29, 1.82) is 0 Å². The molecule has 2 aromatic rings. The van der Waals surface area contributed by atoms with Gasteiger partial charge in [-0.05, 0) is 37.8 Å². The van der Waals surface area contributed by atoms with Crippen LogP contribution in [0.5, 0.6) is 0 Å². The van der Waals surface area contributed by atoms with Crippen LogP contribution in [0.3, 0.4) is 0 Å². The third-order valence-electron chi connectivity index (χ3n) is 5.48. The molecule has 2 fully saturated rings. The summed E-state index contributed by atoms with van der Waals surface area (Å²) in [6.45, 7) is 0.696. The number of amides is 1. The first-order chi connectivity index (χ1) is 11.2. The Morgan fingerprint density at radius 2 is 1.92 bits per heavy atom. The summed E-state index contributed by atoms with van der Waals surface area (Å²) < 4.78 is 2.08. The van der Waals surface area contributed by atoms with Gasteiger partial charge >= 0.3 is 0 Å². The second-order valence-electron chi connectivity index (χ2n) is 6.94. The van der Waals surface area contributed by atoms with Gasteiger partial charge in [0.05, 0.1) is 17.4 Å². The average molecular weight is 385 g/mol. The second kappa shape index (κ2) is 8.39. The molecule has 5 nitrogen and oxygen atoms in total. The predicted molar refractivity (Wildman–Crippen MR) is 105 cm³/mol. The molecule has 2 aliphatic heterocycles. The van der Waals surface area contributed by atoms with E-state index in [4.69, 9.17) is 0 Å². The van der Waals surface area contributed by atoms with Gasteiger partial charge in [0.15, 0.2) is 0 Å². The summed E-state index contributed by atoms with van der Waals surface area (Å²) in [5.74, 6) is 0.245. The first-order valence-corrected chi connectivity index (χ1v) is 8.62. The maximum Gasteiger partial charge on any atom is 0.224 e. The number of nitrogens with zero attached hydrogens (tertiary/aromatic N) is 3. The summed E-state index contributed by atoms with van der Waals surface area (Å²) in [7, 11) is 1.98. The fourth-order valence-corrected chi connectivity index (χ4v) is 4.13. The van der Waals surface area contributed by atoms with Crippen LogP contribution in [0.25, 0.3) is 11.0 Å². The smallest absolute Gasteiger partial charge is 0.224 e. The molecule has 0 spiro atoms. The number of benzene rings is 1. The van der Waals surface area contributed by atoms with Crippen molar-refractivity contribution in [2.45, 2.75) is 56.8 Å². The van der Waals surface area contributed by atoms with Crippen molar-refractivity contribution in [1.82, 2.24) is 19.8 Å². The van der Waals surface area contributed by atoms with Crippen LogP contribution < -0.4 is 5.32 Å². The van der Waals surface area contributed by atoms with Crippen molar-refractivity contribution < 1.29 is 4.79 Å². The van der Waals surface area contributed by atoms with Gasteiger partial charge in [-0.25, -0.2) is 4.98 Å². The Hall–Kier alpha value is -1.30. The van der Waals surface area contributed by atoms with Crippen molar-refractivity contribution in [3.63, 3.8) is 0 Å². The summed E-state index contributed by atoms with van der Waals surface area (Å²) >= 11 is 0. The number of rotatable bonds is 4. The molecule has 1 N–H and O–H groups in total. The lowest BCUT2D eigenvalue weighted by atomic mass is 9.98. The Morgan fingerprint density at radius 1 is 1.24 bits per heavy atom. The lowest BCUT2D eigenvalue weighted by Crippen LogP contribution is -2.48. The minimum atomic E-state index is 0. The first-order valence-electron chi connectivity index (χ1n) is 8.62. The standard InChI is InChI=1S/C18H24N4O.2ClH/c1-21(15-10-13-6-7-14(11-15)20-13)18(23)8-9-22-12-19-16-4-2-3-5-17(16)22;;/h2-5,12-15,20H,6-11H2,1H3;2*1H. The van der Waals surface area contributed by atoms with Gasteiger partial charge in [-0.1, -0.05) is 12.1 Å². The molecular formula is C18H26Cl2N4O. The second-order valence-corrected chi connectivity index (χ2v) is 6.94. The van der Waals surface area contributed by atoms with Crippen LogP contribution in [0.2, 0.25) is 0 Å². The van der Waals surface area contributed by atoms with Crippen LogP contribution in [0.15, 0.2) is 30.6 Å². The molecule has 2 saturated heterocycles. The normalized spacial score (nSPS) is 24.4. The number of carbonyl (C=O) groups excluding carboxylic acids is 1. The first kappa shape index (κ1) is 20.0. The highest BCUT2D eigenvalue weighted by Gasteiger charge is 2.36. The fourth-order valence-electron chi connectivity index (χ4n) is 4.13. The number of imidazole rings is 1. The Bertz CT molecular complexity index is 708. The minimum Gasteiger partial charge on any atom is -0.343 e. The van der Waals surface area contributed by atoms with Crippen molar-refractivity contribution >= 4 is 41.8 Å². The van der Waals surface area contributed by atoms with E-state index in [1.165, 1.54) is 12.8 Å². The fraction of sp³-hybridized carbons (Fsp3) is 0.556. The monoisotopic (exact) mass is 384 g/mol. The summed E-state index contributed by atoms with van der Waals surface area (Å²) in [6, 6.07) is 9.70. The van der Waals surface area contributed by atoms with E-state index in [9.17, 15) is 4.79 Å². The number of aryl methyl sites for hydroxylation is 1. The molecule has 138 valence electrons. The zero-order valence-corrected chi connectivity index (χ0v) is 16.1. The van der Waals surface area contributed by atoms with E-state index in [2.05, 4.69) is 20.9 Å². The molecule has 25 heavy (non-hydrogen) atoms. The van der Waals surface area contributed by atoms with Gasteiger partial charge in [0.1, 0.15) is 0 Å². The highest BCUT2D eigenvalue weighted by Crippen LogP contribution is 2.29. The maximum atomic E-state index is 12.6. The molecule has 3 heterocycles. The molecule has 0 aliphatic carbocycles. The third-order valence-corrected chi connectivity index (χ3v) is 5.48. The molecule has 4 rings (SSSR count). The zero-order valence-electron chi connectivity index (χ0n) is 14.4. The Morgan fingerprint density at radius 3 is 2.64 bits per heavy atom. The van der Waals surface area contributed by atoms with Crippen LogP contribution in [-0.4, -0.2) is 45.5 Å². The molecule has 0 radical (unpaired) electrons. The molecular weight excluding hydrogens is 359 g/mol. The lowest BCUT2D eigenvalue weighted by molar-refractivity contribution is -0.132.